The Bertz CT molecular complexity index is 364. The van der Waals surface area contributed by atoms with Gasteiger partial charge in [0.1, 0.15) is 0 Å². The molecule has 0 fully saturated rings. The van der Waals surface area contributed by atoms with Gasteiger partial charge in [0.25, 0.3) is 0 Å². The van der Waals surface area contributed by atoms with Gasteiger partial charge < -0.3 is 0 Å². The summed E-state index contributed by atoms with van der Waals surface area (Å²) in [6, 6.07) is 10.3. The molecule has 0 radical (unpaired) electrons. The predicted molar refractivity (Wildman–Crippen MR) is 62.6 cm³/mol. The second kappa shape index (κ2) is 5.62. The fourth-order valence-electron chi connectivity index (χ4n) is 1.44. The first-order valence-corrected chi connectivity index (χ1v) is 6.70. The zero-order valence-electron chi connectivity index (χ0n) is 9.25. The quantitative estimate of drug-likeness (QED) is 0.769. The van der Waals surface area contributed by atoms with Crippen molar-refractivity contribution in [3.63, 3.8) is 0 Å². The topological polar surface area (TPSA) is 27.7 Å². The van der Waals surface area contributed by atoms with E-state index >= 15 is 0 Å². The summed E-state index contributed by atoms with van der Waals surface area (Å²) in [6.45, 7) is 0. The van der Waals surface area contributed by atoms with Crippen molar-refractivity contribution in [3.8, 4) is 0 Å². The van der Waals surface area contributed by atoms with Crippen LogP contribution in [-0.2, 0) is 14.2 Å². The standard InChI is InChI=1S/C12H14O3Se/c1-13-11-8-10(12(14-2)15-11)16-9-6-4-3-5-7-9/h3-8,11-12H,1-2H3. The van der Waals surface area contributed by atoms with Gasteiger partial charge >= 0.3 is 101 Å². The van der Waals surface area contributed by atoms with Crippen LogP contribution >= 0.6 is 0 Å². The van der Waals surface area contributed by atoms with E-state index in [2.05, 4.69) is 12.1 Å². The zero-order chi connectivity index (χ0) is 11.4. The molecule has 0 saturated heterocycles. The van der Waals surface area contributed by atoms with Crippen LogP contribution in [0.25, 0.3) is 0 Å². The third-order valence-electron chi connectivity index (χ3n) is 2.22. The molecule has 2 rings (SSSR count). The third-order valence-corrected chi connectivity index (χ3v) is 4.47. The van der Waals surface area contributed by atoms with E-state index < -0.39 is 0 Å². The molecule has 1 aliphatic heterocycles. The van der Waals surface area contributed by atoms with Crippen molar-refractivity contribution < 1.29 is 14.2 Å². The summed E-state index contributed by atoms with van der Waals surface area (Å²) in [5.74, 6) is 0. The van der Waals surface area contributed by atoms with Crippen LogP contribution in [0.1, 0.15) is 0 Å². The van der Waals surface area contributed by atoms with Crippen LogP contribution in [0.3, 0.4) is 0 Å². The van der Waals surface area contributed by atoms with Crippen LogP contribution in [0, 0.1) is 0 Å². The van der Waals surface area contributed by atoms with Crippen LogP contribution in [0.5, 0.6) is 0 Å². The van der Waals surface area contributed by atoms with Crippen molar-refractivity contribution in [2.45, 2.75) is 12.6 Å². The maximum absolute atomic E-state index is 5.52. The number of benzene rings is 1. The van der Waals surface area contributed by atoms with Crippen LogP contribution in [0.15, 0.2) is 40.9 Å². The molecule has 86 valence electrons. The summed E-state index contributed by atoms with van der Waals surface area (Å²) in [5.41, 5.74) is 0. The molecule has 0 bridgehead atoms. The van der Waals surface area contributed by atoms with Gasteiger partial charge in [-0.3, -0.25) is 0 Å². The summed E-state index contributed by atoms with van der Waals surface area (Å²) in [6.07, 6.45) is 1.47. The molecule has 1 aliphatic rings. The Morgan fingerprint density at radius 2 is 1.88 bits per heavy atom. The molecule has 1 aromatic rings. The number of hydrogen-bond acceptors (Lipinski definition) is 3. The minimum atomic E-state index is -0.273. The van der Waals surface area contributed by atoms with Crippen LogP contribution in [-0.4, -0.2) is 41.8 Å². The van der Waals surface area contributed by atoms with Crippen LogP contribution in [0.2, 0.25) is 0 Å². The Morgan fingerprint density at radius 3 is 2.50 bits per heavy atom. The van der Waals surface area contributed by atoms with E-state index in [-0.39, 0.29) is 27.5 Å². The normalized spacial score (nSPS) is 24.5. The number of hydrogen-bond donors (Lipinski definition) is 0. The average Bonchev–Trinajstić information content (AvgIpc) is 2.73. The third kappa shape index (κ3) is 2.73. The molecule has 0 spiro atoms. The summed E-state index contributed by atoms with van der Waals surface area (Å²) in [5, 5.41) is 0. The summed E-state index contributed by atoms with van der Waals surface area (Å²) >= 11 is 0.231. The summed E-state index contributed by atoms with van der Waals surface area (Å²) < 4.78 is 18.4. The fraction of sp³-hybridized carbons (Fsp3) is 0.333. The fourth-order valence-corrected chi connectivity index (χ4v) is 3.53. The Labute approximate surface area is 102 Å². The van der Waals surface area contributed by atoms with E-state index in [4.69, 9.17) is 14.2 Å². The zero-order valence-corrected chi connectivity index (χ0v) is 11.0. The Kier molecular flexibility index (Phi) is 4.15. The molecule has 0 saturated carbocycles. The molecule has 0 amide bonds. The molecule has 1 heterocycles. The Balaban J connectivity index is 2.08. The van der Waals surface area contributed by atoms with E-state index in [0.717, 1.165) is 0 Å². The number of rotatable bonds is 4. The van der Waals surface area contributed by atoms with Gasteiger partial charge in [0, 0.05) is 0 Å². The first kappa shape index (κ1) is 11.8. The molecular weight excluding hydrogens is 271 g/mol. The molecule has 0 aromatic heterocycles. The minimum absolute atomic E-state index is 0.231. The molecule has 2 atom stereocenters. The predicted octanol–water partition coefficient (Wildman–Crippen LogP) is 0.875. The molecule has 4 heteroatoms. The van der Waals surface area contributed by atoms with Gasteiger partial charge in [0.15, 0.2) is 0 Å². The van der Waals surface area contributed by atoms with Gasteiger partial charge in [0.2, 0.25) is 0 Å². The summed E-state index contributed by atoms with van der Waals surface area (Å²) in [7, 11) is 3.28. The molecule has 0 N–H and O–H groups in total. The number of methoxy groups -OCH3 is 2. The van der Waals surface area contributed by atoms with Gasteiger partial charge in [0.05, 0.1) is 0 Å². The monoisotopic (exact) mass is 286 g/mol. The van der Waals surface area contributed by atoms with Crippen LogP contribution in [0.4, 0.5) is 0 Å². The van der Waals surface area contributed by atoms with E-state index in [1.54, 1.807) is 14.2 Å². The van der Waals surface area contributed by atoms with Crippen molar-refractivity contribution in [2.24, 2.45) is 0 Å². The van der Waals surface area contributed by atoms with E-state index in [1.165, 1.54) is 8.93 Å². The van der Waals surface area contributed by atoms with E-state index in [0.29, 0.717) is 0 Å². The van der Waals surface area contributed by atoms with E-state index in [9.17, 15) is 0 Å². The molecule has 0 aliphatic carbocycles. The van der Waals surface area contributed by atoms with Crippen molar-refractivity contribution in [1.82, 2.24) is 0 Å². The van der Waals surface area contributed by atoms with Crippen molar-refractivity contribution >= 4 is 19.4 Å². The van der Waals surface area contributed by atoms with Gasteiger partial charge in [-0.1, -0.05) is 0 Å². The van der Waals surface area contributed by atoms with Crippen molar-refractivity contribution in [2.75, 3.05) is 14.2 Å². The second-order valence-corrected chi connectivity index (χ2v) is 5.70. The maximum atomic E-state index is 5.52. The average molecular weight is 285 g/mol. The Morgan fingerprint density at radius 1 is 1.12 bits per heavy atom. The Hall–Kier alpha value is -0.641. The number of ether oxygens (including phenoxy) is 3. The molecule has 16 heavy (non-hydrogen) atoms. The first-order valence-electron chi connectivity index (χ1n) is 4.99. The molecule has 1 aromatic carbocycles. The first-order chi connectivity index (χ1) is 7.83. The van der Waals surface area contributed by atoms with E-state index in [1.807, 2.05) is 24.3 Å². The van der Waals surface area contributed by atoms with Gasteiger partial charge in [-0.05, 0) is 0 Å². The van der Waals surface area contributed by atoms with Crippen molar-refractivity contribution in [3.05, 3.63) is 40.9 Å². The van der Waals surface area contributed by atoms with Crippen LogP contribution < -0.4 is 4.46 Å². The molecular formula is C12H14O3Se. The SMILES string of the molecule is COC1C=C([Se]c2ccccc2)C(OC)O1. The van der Waals surface area contributed by atoms with Gasteiger partial charge in [-0.25, -0.2) is 0 Å². The van der Waals surface area contributed by atoms with Crippen molar-refractivity contribution in [1.29, 1.82) is 0 Å². The molecule has 2 unspecified atom stereocenters. The summed E-state index contributed by atoms with van der Waals surface area (Å²) in [4.78, 5) is 0. The van der Waals surface area contributed by atoms with Gasteiger partial charge in [-0.15, -0.1) is 0 Å². The second-order valence-electron chi connectivity index (χ2n) is 3.29. The molecule has 3 nitrogen and oxygen atoms in total. The van der Waals surface area contributed by atoms with Gasteiger partial charge in [-0.2, -0.15) is 0 Å².